The van der Waals surface area contributed by atoms with Crippen LogP contribution >= 0.6 is 0 Å². The van der Waals surface area contributed by atoms with E-state index in [-0.39, 0.29) is 29.0 Å². The molecule has 1 unspecified atom stereocenters. The standard InChI is InChI=1S/C23H27N3O6S/c1-3-4-20(27)17-7-10-21-19(13-17)26(23(29)15(2)32-21)14-22(28)25-12-11-16-5-8-18(9-6-16)33(24,30)31/h5-10,13,15H,3-4,11-12,14H2,1-2H3,(H,25,28)(H2,24,30,31). The minimum Gasteiger partial charge on any atom is -0.479 e. The van der Waals surface area contributed by atoms with Gasteiger partial charge in [-0.15, -0.1) is 0 Å². The summed E-state index contributed by atoms with van der Waals surface area (Å²) in [6.07, 6.45) is 0.818. The second-order valence-electron chi connectivity index (χ2n) is 7.83. The molecule has 9 nitrogen and oxygen atoms in total. The maximum Gasteiger partial charge on any atom is 0.268 e. The van der Waals surface area contributed by atoms with Gasteiger partial charge in [0.2, 0.25) is 15.9 Å². The zero-order chi connectivity index (χ0) is 24.2. The van der Waals surface area contributed by atoms with E-state index in [1.165, 1.54) is 17.0 Å². The van der Waals surface area contributed by atoms with Crippen molar-refractivity contribution in [2.24, 2.45) is 5.14 Å². The van der Waals surface area contributed by atoms with Crippen LogP contribution in [-0.4, -0.2) is 45.2 Å². The topological polar surface area (TPSA) is 136 Å². The molecule has 1 atom stereocenters. The number of amides is 2. The minimum atomic E-state index is -3.75. The van der Waals surface area contributed by atoms with Gasteiger partial charge in [-0.2, -0.15) is 0 Å². The highest BCUT2D eigenvalue weighted by Crippen LogP contribution is 2.35. The van der Waals surface area contributed by atoms with Gasteiger partial charge in [0.15, 0.2) is 11.9 Å². The molecule has 0 saturated heterocycles. The fourth-order valence-electron chi connectivity index (χ4n) is 3.51. The van der Waals surface area contributed by atoms with Crippen molar-refractivity contribution >= 4 is 33.3 Å². The Bertz CT molecular complexity index is 1160. The molecule has 0 spiro atoms. The van der Waals surface area contributed by atoms with Crippen LogP contribution in [0.4, 0.5) is 5.69 Å². The first-order valence-electron chi connectivity index (χ1n) is 10.6. The van der Waals surface area contributed by atoms with Gasteiger partial charge in [-0.3, -0.25) is 19.3 Å². The predicted molar refractivity (Wildman–Crippen MR) is 123 cm³/mol. The lowest BCUT2D eigenvalue weighted by molar-refractivity contribution is -0.128. The first-order chi connectivity index (χ1) is 15.6. The molecule has 2 aromatic carbocycles. The molecule has 0 fully saturated rings. The Morgan fingerprint density at radius 3 is 2.48 bits per heavy atom. The number of ketones is 1. The van der Waals surface area contributed by atoms with E-state index in [2.05, 4.69) is 5.32 Å². The Morgan fingerprint density at radius 1 is 1.15 bits per heavy atom. The van der Waals surface area contributed by atoms with Crippen LogP contribution in [0.25, 0.3) is 0 Å². The van der Waals surface area contributed by atoms with Crippen molar-refractivity contribution < 1.29 is 27.5 Å². The van der Waals surface area contributed by atoms with Gasteiger partial charge in [0.1, 0.15) is 12.3 Å². The molecule has 0 radical (unpaired) electrons. The number of anilines is 1. The summed E-state index contributed by atoms with van der Waals surface area (Å²) in [6.45, 7) is 3.60. The average Bonchev–Trinajstić information content (AvgIpc) is 2.76. The van der Waals surface area contributed by atoms with Gasteiger partial charge in [-0.05, 0) is 55.7 Å². The lowest BCUT2D eigenvalue weighted by Gasteiger charge is -2.32. The molecule has 2 amide bonds. The second-order valence-corrected chi connectivity index (χ2v) is 9.39. The van der Waals surface area contributed by atoms with E-state index in [9.17, 15) is 22.8 Å². The number of carbonyl (C=O) groups is 3. The number of hydrogen-bond acceptors (Lipinski definition) is 6. The largest absolute Gasteiger partial charge is 0.479 e. The van der Waals surface area contributed by atoms with Gasteiger partial charge in [-0.1, -0.05) is 19.1 Å². The Kier molecular flexibility index (Phi) is 7.50. The number of nitrogens with zero attached hydrogens (tertiary/aromatic N) is 1. The third kappa shape index (κ3) is 5.96. The second kappa shape index (κ2) is 10.1. The summed E-state index contributed by atoms with van der Waals surface area (Å²) < 4.78 is 28.3. The molecule has 3 rings (SSSR count). The van der Waals surface area contributed by atoms with Gasteiger partial charge in [0.05, 0.1) is 10.6 Å². The Labute approximate surface area is 193 Å². The molecule has 1 aliphatic rings. The van der Waals surface area contributed by atoms with Crippen LogP contribution in [0.2, 0.25) is 0 Å². The summed E-state index contributed by atoms with van der Waals surface area (Å²) >= 11 is 0. The normalized spacial score (nSPS) is 15.5. The lowest BCUT2D eigenvalue weighted by atomic mass is 10.0. The molecule has 1 heterocycles. The number of sulfonamides is 1. The molecule has 0 bridgehead atoms. The van der Waals surface area contributed by atoms with Crippen LogP contribution in [0, 0.1) is 0 Å². The van der Waals surface area contributed by atoms with Gasteiger partial charge in [-0.25, -0.2) is 13.6 Å². The number of ether oxygens (including phenoxy) is 1. The van der Waals surface area contributed by atoms with Crippen molar-refractivity contribution in [3.8, 4) is 5.75 Å². The minimum absolute atomic E-state index is 0.0192. The van der Waals surface area contributed by atoms with E-state index < -0.39 is 16.1 Å². The number of hydrogen-bond donors (Lipinski definition) is 2. The van der Waals surface area contributed by atoms with Crippen LogP contribution in [0.15, 0.2) is 47.4 Å². The summed E-state index contributed by atoms with van der Waals surface area (Å²) in [6, 6.07) is 11.0. The van der Waals surface area contributed by atoms with Gasteiger partial charge < -0.3 is 10.1 Å². The fraction of sp³-hybridized carbons (Fsp3) is 0.348. The van der Waals surface area contributed by atoms with Gasteiger partial charge in [0, 0.05) is 18.5 Å². The third-order valence-corrected chi connectivity index (χ3v) is 6.18. The van der Waals surface area contributed by atoms with Crippen molar-refractivity contribution in [1.29, 1.82) is 0 Å². The molecule has 3 N–H and O–H groups in total. The van der Waals surface area contributed by atoms with Crippen LogP contribution in [0.5, 0.6) is 5.75 Å². The number of benzene rings is 2. The van der Waals surface area contributed by atoms with E-state index in [1.807, 2.05) is 6.92 Å². The number of rotatable bonds is 9. The zero-order valence-electron chi connectivity index (χ0n) is 18.5. The molecular weight excluding hydrogens is 446 g/mol. The highest BCUT2D eigenvalue weighted by atomic mass is 32.2. The number of nitrogens with two attached hydrogens (primary N) is 1. The van der Waals surface area contributed by atoms with Gasteiger partial charge in [0.25, 0.3) is 5.91 Å². The molecule has 2 aromatic rings. The van der Waals surface area contributed by atoms with E-state index in [4.69, 9.17) is 9.88 Å². The number of fused-ring (bicyclic) bond motifs is 1. The van der Waals surface area contributed by atoms with Crippen molar-refractivity contribution in [3.05, 3.63) is 53.6 Å². The Morgan fingerprint density at radius 2 is 1.85 bits per heavy atom. The number of nitrogens with one attached hydrogen (secondary N) is 1. The van der Waals surface area contributed by atoms with Crippen molar-refractivity contribution in [1.82, 2.24) is 5.32 Å². The van der Waals surface area contributed by atoms with Crippen molar-refractivity contribution in [3.63, 3.8) is 0 Å². The molecule has 0 aromatic heterocycles. The summed E-state index contributed by atoms with van der Waals surface area (Å²) in [5.74, 6) is -0.326. The van der Waals surface area contributed by atoms with E-state index in [0.29, 0.717) is 42.8 Å². The van der Waals surface area contributed by atoms with Crippen LogP contribution in [0.1, 0.15) is 42.6 Å². The average molecular weight is 474 g/mol. The Hall–Kier alpha value is -3.24. The van der Waals surface area contributed by atoms with Crippen molar-refractivity contribution in [2.45, 2.75) is 44.1 Å². The van der Waals surface area contributed by atoms with E-state index in [0.717, 1.165) is 5.56 Å². The lowest BCUT2D eigenvalue weighted by Crippen LogP contribution is -2.49. The monoisotopic (exact) mass is 473 g/mol. The van der Waals surface area contributed by atoms with E-state index >= 15 is 0 Å². The van der Waals surface area contributed by atoms with E-state index in [1.54, 1.807) is 37.3 Å². The molecule has 176 valence electrons. The maximum atomic E-state index is 12.7. The molecule has 0 aliphatic carbocycles. The predicted octanol–water partition coefficient (Wildman–Crippen LogP) is 1.79. The maximum absolute atomic E-state index is 12.7. The quantitative estimate of drug-likeness (QED) is 0.533. The molecule has 33 heavy (non-hydrogen) atoms. The first-order valence-corrected chi connectivity index (χ1v) is 12.2. The smallest absolute Gasteiger partial charge is 0.268 e. The van der Waals surface area contributed by atoms with Crippen LogP contribution in [-0.2, 0) is 26.0 Å². The van der Waals surface area contributed by atoms with Crippen LogP contribution in [0.3, 0.4) is 0 Å². The number of Topliss-reactive ketones (excluding diaryl/α,β-unsaturated/α-hetero) is 1. The van der Waals surface area contributed by atoms with Crippen LogP contribution < -0.4 is 20.1 Å². The SMILES string of the molecule is CCCC(=O)c1ccc2c(c1)N(CC(=O)NCCc1ccc(S(N)(=O)=O)cc1)C(=O)C(C)O2. The van der Waals surface area contributed by atoms with Crippen molar-refractivity contribution in [2.75, 3.05) is 18.0 Å². The Balaban J connectivity index is 1.65. The third-order valence-electron chi connectivity index (χ3n) is 5.26. The molecule has 1 aliphatic heterocycles. The highest BCUT2D eigenvalue weighted by molar-refractivity contribution is 7.89. The number of carbonyl (C=O) groups excluding carboxylic acids is 3. The summed E-state index contributed by atoms with van der Waals surface area (Å²) in [4.78, 5) is 38.9. The molecule has 10 heteroatoms. The summed E-state index contributed by atoms with van der Waals surface area (Å²) in [5, 5.41) is 7.85. The molecule has 0 saturated carbocycles. The summed E-state index contributed by atoms with van der Waals surface area (Å²) in [5.41, 5.74) is 1.69. The zero-order valence-corrected chi connectivity index (χ0v) is 19.4. The summed E-state index contributed by atoms with van der Waals surface area (Å²) in [7, 11) is -3.75. The number of primary sulfonamides is 1. The van der Waals surface area contributed by atoms with Gasteiger partial charge >= 0.3 is 0 Å². The molecular formula is C23H27N3O6S. The first kappa shape index (κ1) is 24.4. The highest BCUT2D eigenvalue weighted by Gasteiger charge is 2.33. The fourth-order valence-corrected chi connectivity index (χ4v) is 4.02.